The van der Waals surface area contributed by atoms with Crippen molar-refractivity contribution >= 4 is 11.6 Å². The number of hydrogen-bond donors (Lipinski definition) is 0. The molecule has 3 nitrogen and oxygen atoms in total. The van der Waals surface area contributed by atoms with Crippen LogP contribution in [0, 0.1) is 6.92 Å². The molecular formula is C14H7ClF10N2O. The number of alkyl halides is 10. The summed E-state index contributed by atoms with van der Waals surface area (Å²) >= 11 is 5.60. The van der Waals surface area contributed by atoms with Crippen molar-refractivity contribution in [3.8, 4) is 11.4 Å². The Morgan fingerprint density at radius 3 is 1.86 bits per heavy atom. The minimum Gasteiger partial charge on any atom is -0.403 e. The van der Waals surface area contributed by atoms with Crippen LogP contribution in [0.4, 0.5) is 43.9 Å². The van der Waals surface area contributed by atoms with Gasteiger partial charge in [0.25, 0.3) is 0 Å². The van der Waals surface area contributed by atoms with E-state index in [4.69, 9.17) is 11.6 Å². The number of benzene rings is 1. The summed E-state index contributed by atoms with van der Waals surface area (Å²) < 4.78 is 134. The van der Waals surface area contributed by atoms with Gasteiger partial charge in [0.15, 0.2) is 5.75 Å². The fourth-order valence-corrected chi connectivity index (χ4v) is 2.52. The summed E-state index contributed by atoms with van der Waals surface area (Å²) in [7, 11) is 0. The third-order valence-electron chi connectivity index (χ3n) is 3.37. The van der Waals surface area contributed by atoms with Gasteiger partial charge < -0.3 is 4.74 Å². The summed E-state index contributed by atoms with van der Waals surface area (Å²) in [6.45, 7) is 1.44. The first-order valence-corrected chi connectivity index (χ1v) is 7.29. The van der Waals surface area contributed by atoms with Gasteiger partial charge in [-0.25, -0.2) is 9.07 Å². The Bertz CT molecular complexity index is 854. The van der Waals surface area contributed by atoms with Crippen LogP contribution in [0.5, 0.6) is 5.75 Å². The first-order valence-electron chi connectivity index (χ1n) is 6.91. The normalized spacial score (nSPS) is 13.7. The van der Waals surface area contributed by atoms with Crippen LogP contribution >= 0.6 is 11.6 Å². The van der Waals surface area contributed by atoms with Gasteiger partial charge in [-0.15, -0.1) is 13.2 Å². The fourth-order valence-electron chi connectivity index (χ4n) is 2.22. The summed E-state index contributed by atoms with van der Waals surface area (Å²) in [6, 6.07) is -0.454. The Kier molecular flexibility index (Phi) is 5.30. The van der Waals surface area contributed by atoms with Crippen molar-refractivity contribution < 1.29 is 48.6 Å². The topological polar surface area (TPSA) is 27.1 Å². The van der Waals surface area contributed by atoms with Gasteiger partial charge in [0, 0.05) is 11.8 Å². The zero-order valence-electron chi connectivity index (χ0n) is 13.3. The van der Waals surface area contributed by atoms with E-state index in [0.29, 0.717) is 10.2 Å². The molecule has 0 aliphatic heterocycles. The first kappa shape index (κ1) is 22.1. The molecule has 0 aliphatic rings. The number of hydrogen-bond acceptors (Lipinski definition) is 2. The molecule has 0 bridgehead atoms. The van der Waals surface area contributed by atoms with Crippen molar-refractivity contribution in [1.29, 1.82) is 0 Å². The Morgan fingerprint density at radius 1 is 0.929 bits per heavy atom. The number of ether oxygens (including phenoxy) is 1. The molecule has 1 aromatic carbocycles. The van der Waals surface area contributed by atoms with Crippen molar-refractivity contribution in [3.05, 3.63) is 40.7 Å². The van der Waals surface area contributed by atoms with E-state index in [0.717, 1.165) is 12.4 Å². The summed E-state index contributed by atoms with van der Waals surface area (Å²) in [5, 5.41) is 2.49. The average Bonchev–Trinajstić information content (AvgIpc) is 2.87. The van der Waals surface area contributed by atoms with Crippen LogP contribution in [0.15, 0.2) is 24.5 Å². The molecule has 0 atom stereocenters. The third-order valence-corrected chi connectivity index (χ3v) is 3.66. The Balaban J connectivity index is 2.82. The Hall–Kier alpha value is -2.18. The second kappa shape index (κ2) is 6.71. The quantitative estimate of drug-likeness (QED) is 0.541. The zero-order chi connectivity index (χ0) is 21.7. The molecule has 0 amide bonds. The highest BCUT2D eigenvalue weighted by atomic mass is 35.5. The van der Waals surface area contributed by atoms with Crippen molar-refractivity contribution in [1.82, 2.24) is 9.78 Å². The molecule has 0 aliphatic carbocycles. The van der Waals surface area contributed by atoms with Crippen LogP contribution in [0.2, 0.25) is 5.02 Å². The maximum atomic E-state index is 14.2. The van der Waals surface area contributed by atoms with E-state index in [1.54, 1.807) is 0 Å². The summed E-state index contributed by atoms with van der Waals surface area (Å²) in [5.41, 5.74) is -8.69. The van der Waals surface area contributed by atoms with Crippen molar-refractivity contribution in [3.63, 3.8) is 0 Å². The molecule has 0 unspecified atom stereocenters. The number of nitrogens with zero attached hydrogens (tertiary/aromatic N) is 2. The molecule has 2 aromatic rings. The smallest absolute Gasteiger partial charge is 0.403 e. The zero-order valence-corrected chi connectivity index (χ0v) is 14.0. The second-order valence-electron chi connectivity index (χ2n) is 5.47. The molecule has 0 saturated heterocycles. The van der Waals surface area contributed by atoms with E-state index in [1.165, 1.54) is 6.92 Å². The van der Waals surface area contributed by atoms with Gasteiger partial charge in [0.05, 0.1) is 11.2 Å². The molecule has 14 heteroatoms. The van der Waals surface area contributed by atoms with Gasteiger partial charge in [-0.1, -0.05) is 11.6 Å². The molecule has 1 heterocycles. The highest BCUT2D eigenvalue weighted by Crippen LogP contribution is 2.54. The van der Waals surface area contributed by atoms with Crippen LogP contribution in [-0.4, -0.2) is 28.5 Å². The van der Waals surface area contributed by atoms with Crippen LogP contribution in [0.3, 0.4) is 0 Å². The van der Waals surface area contributed by atoms with Crippen LogP contribution in [0.1, 0.15) is 11.1 Å². The summed E-state index contributed by atoms with van der Waals surface area (Å²) in [4.78, 5) is 0. The van der Waals surface area contributed by atoms with Gasteiger partial charge in [0.2, 0.25) is 0 Å². The van der Waals surface area contributed by atoms with E-state index in [2.05, 4.69) is 9.84 Å². The number of aromatic nitrogens is 2. The summed E-state index contributed by atoms with van der Waals surface area (Å²) in [5.74, 6) is -1.60. The standard InChI is InChI=1S/C14H7ClF10N2O/c1-6-4-26-27(5-6)10-8(15)2-7(3-9(10)28-14(23,24)25)11(16,12(17,18)19)13(20,21)22/h2-5H,1H3. The molecule has 156 valence electrons. The van der Waals surface area contributed by atoms with Crippen LogP contribution in [0.25, 0.3) is 5.69 Å². The second-order valence-corrected chi connectivity index (χ2v) is 5.88. The predicted octanol–water partition coefficient (Wildman–Crippen LogP) is 6.02. The lowest BCUT2D eigenvalue weighted by molar-refractivity contribution is -0.348. The lowest BCUT2D eigenvalue weighted by Crippen LogP contribution is -2.50. The Morgan fingerprint density at radius 2 is 1.46 bits per heavy atom. The molecule has 0 radical (unpaired) electrons. The molecule has 1 aromatic heterocycles. The SMILES string of the molecule is Cc1cnn(-c2c(Cl)cc(C(F)(C(F)(F)F)C(F)(F)F)cc2OC(F)(F)F)c1. The van der Waals surface area contributed by atoms with E-state index in [9.17, 15) is 43.9 Å². The lowest BCUT2D eigenvalue weighted by atomic mass is 9.93. The largest absolute Gasteiger partial charge is 0.573 e. The van der Waals surface area contributed by atoms with E-state index < -0.39 is 46.4 Å². The predicted molar refractivity (Wildman–Crippen MR) is 74.9 cm³/mol. The van der Waals surface area contributed by atoms with Crippen molar-refractivity contribution in [2.75, 3.05) is 0 Å². The Labute approximate surface area is 154 Å². The van der Waals surface area contributed by atoms with Gasteiger partial charge in [0.1, 0.15) is 5.69 Å². The van der Waals surface area contributed by atoms with E-state index >= 15 is 0 Å². The fraction of sp³-hybridized carbons (Fsp3) is 0.357. The monoisotopic (exact) mass is 444 g/mol. The van der Waals surface area contributed by atoms with E-state index in [1.807, 2.05) is 0 Å². The van der Waals surface area contributed by atoms with Crippen molar-refractivity contribution in [2.45, 2.75) is 31.3 Å². The van der Waals surface area contributed by atoms with Crippen molar-refractivity contribution in [2.24, 2.45) is 0 Å². The van der Waals surface area contributed by atoms with Gasteiger partial charge >= 0.3 is 24.4 Å². The third kappa shape index (κ3) is 3.98. The first-order chi connectivity index (χ1) is 12.5. The maximum Gasteiger partial charge on any atom is 0.573 e. The number of halogens is 11. The van der Waals surface area contributed by atoms with Gasteiger partial charge in [-0.2, -0.15) is 31.4 Å². The van der Waals surface area contributed by atoms with Gasteiger partial charge in [-0.05, 0) is 24.6 Å². The van der Waals surface area contributed by atoms with Gasteiger partial charge in [-0.3, -0.25) is 0 Å². The van der Waals surface area contributed by atoms with Crippen LogP contribution < -0.4 is 4.74 Å². The molecule has 28 heavy (non-hydrogen) atoms. The molecule has 0 N–H and O–H groups in total. The number of rotatable bonds is 3. The maximum absolute atomic E-state index is 14.2. The minimum absolute atomic E-state index is 0.0852. The molecule has 0 spiro atoms. The number of aryl methyl sites for hydroxylation is 1. The summed E-state index contributed by atoms with van der Waals surface area (Å²) in [6.07, 6.45) is -16.4. The minimum atomic E-state index is -6.55. The molecular weight excluding hydrogens is 438 g/mol. The van der Waals surface area contributed by atoms with Crippen LogP contribution in [-0.2, 0) is 5.67 Å². The lowest BCUT2D eigenvalue weighted by Gasteiger charge is -2.31. The highest BCUT2D eigenvalue weighted by Gasteiger charge is 2.73. The molecule has 0 fully saturated rings. The van der Waals surface area contributed by atoms with E-state index in [-0.39, 0.29) is 12.1 Å². The molecule has 2 rings (SSSR count). The molecule has 0 saturated carbocycles. The highest BCUT2D eigenvalue weighted by molar-refractivity contribution is 6.32. The average molecular weight is 445 g/mol.